The molecule has 2 heterocycles. The number of hydrogen-bond donors (Lipinski definition) is 0. The second-order valence-corrected chi connectivity index (χ2v) is 13.6. The normalized spacial score (nSPS) is 12.9. The summed E-state index contributed by atoms with van der Waals surface area (Å²) in [6.45, 7) is 0. The molecule has 0 spiro atoms. The van der Waals surface area contributed by atoms with Crippen LogP contribution in [0.4, 0.5) is 51.2 Å². The molecule has 0 saturated carbocycles. The van der Waals surface area contributed by atoms with Gasteiger partial charge >= 0.3 is 0 Å². The number of nitrogens with zero attached hydrogens (tertiary/aromatic N) is 3. The van der Waals surface area contributed by atoms with E-state index < -0.39 is 0 Å². The van der Waals surface area contributed by atoms with Gasteiger partial charge in [-0.05, 0) is 91.0 Å². The van der Waals surface area contributed by atoms with Crippen LogP contribution in [-0.4, -0.2) is 0 Å². The molecule has 0 bridgehead atoms. The van der Waals surface area contributed by atoms with Crippen LogP contribution in [0.1, 0.15) is 0 Å². The van der Waals surface area contributed by atoms with Crippen molar-refractivity contribution in [1.29, 1.82) is 0 Å². The van der Waals surface area contributed by atoms with Crippen molar-refractivity contribution in [1.82, 2.24) is 0 Å². The Labute approximate surface area is 283 Å². The number of benzene rings is 7. The molecule has 47 heavy (non-hydrogen) atoms. The summed E-state index contributed by atoms with van der Waals surface area (Å²) in [6, 6.07) is 63.3. The zero-order valence-electron chi connectivity index (χ0n) is 25.4. The fourth-order valence-corrected chi connectivity index (χ4v) is 8.65. The lowest BCUT2D eigenvalue weighted by atomic mass is 10.1. The van der Waals surface area contributed by atoms with E-state index in [9.17, 15) is 0 Å². The maximum atomic E-state index is 2.43. The van der Waals surface area contributed by atoms with E-state index in [1.54, 1.807) is 0 Å². The van der Waals surface area contributed by atoms with Crippen molar-refractivity contribution in [2.45, 2.75) is 19.6 Å². The highest BCUT2D eigenvalue weighted by molar-refractivity contribution is 8.00. The van der Waals surface area contributed by atoms with E-state index in [1.807, 2.05) is 23.5 Å². The lowest BCUT2D eigenvalue weighted by Crippen LogP contribution is -2.19. The third-order valence-electron chi connectivity index (χ3n) is 8.56. The van der Waals surface area contributed by atoms with Crippen LogP contribution in [0.5, 0.6) is 0 Å². The summed E-state index contributed by atoms with van der Waals surface area (Å²) in [5.74, 6) is 0. The van der Waals surface area contributed by atoms with Crippen LogP contribution in [0.15, 0.2) is 196 Å². The maximum Gasteiger partial charge on any atom is 0.0601 e. The number of rotatable bonds is 5. The van der Waals surface area contributed by atoms with Crippen LogP contribution in [-0.2, 0) is 0 Å². The van der Waals surface area contributed by atoms with E-state index in [2.05, 4.69) is 191 Å². The highest BCUT2D eigenvalue weighted by atomic mass is 32.2. The fraction of sp³-hybridized carbons (Fsp3) is 0. The molecule has 0 atom stereocenters. The Morgan fingerprint density at radius 1 is 0.319 bits per heavy atom. The molecule has 0 aromatic heterocycles. The lowest BCUT2D eigenvalue weighted by Gasteiger charge is -2.37. The summed E-state index contributed by atoms with van der Waals surface area (Å²) in [7, 11) is 0. The van der Waals surface area contributed by atoms with Crippen molar-refractivity contribution < 1.29 is 0 Å². The average molecular weight is 640 g/mol. The van der Waals surface area contributed by atoms with Crippen molar-refractivity contribution in [3.8, 4) is 0 Å². The first-order valence-corrected chi connectivity index (χ1v) is 17.3. The van der Waals surface area contributed by atoms with E-state index >= 15 is 0 Å². The highest BCUT2D eigenvalue weighted by Gasteiger charge is 2.29. The Bertz CT molecular complexity index is 1990. The number of anilines is 9. The van der Waals surface area contributed by atoms with Gasteiger partial charge in [0.05, 0.1) is 39.8 Å². The fourth-order valence-electron chi connectivity index (χ4n) is 6.53. The van der Waals surface area contributed by atoms with Gasteiger partial charge in [-0.2, -0.15) is 0 Å². The Balaban J connectivity index is 1.34. The first-order chi connectivity index (χ1) is 23.3. The standard InChI is InChI=1S/C42H29N3S2/c1-3-15-30(16-4-1)43(31-17-5-2-6-18-31)32-27-33(44-35-19-7-11-23-39(35)46-40-24-12-8-20-36(40)44)29-34(28-32)45-37-21-9-13-25-41(37)47-42-26-14-10-22-38(42)45/h1-29H. The molecular formula is C42H29N3S2. The van der Waals surface area contributed by atoms with E-state index in [0.717, 1.165) is 28.4 Å². The topological polar surface area (TPSA) is 9.72 Å². The minimum absolute atomic E-state index is 1.08. The summed E-state index contributed by atoms with van der Waals surface area (Å²) >= 11 is 3.67. The summed E-state index contributed by atoms with van der Waals surface area (Å²) in [5, 5.41) is 0. The number of fused-ring (bicyclic) bond motifs is 4. The van der Waals surface area contributed by atoms with Gasteiger partial charge in [-0.25, -0.2) is 0 Å². The highest BCUT2D eigenvalue weighted by Crippen LogP contribution is 2.55. The second-order valence-electron chi connectivity index (χ2n) is 11.5. The Morgan fingerprint density at radius 2 is 0.638 bits per heavy atom. The van der Waals surface area contributed by atoms with Crippen LogP contribution < -0.4 is 14.7 Å². The van der Waals surface area contributed by atoms with Gasteiger partial charge in [0, 0.05) is 31.0 Å². The van der Waals surface area contributed by atoms with Crippen LogP contribution >= 0.6 is 23.5 Å². The zero-order chi connectivity index (χ0) is 31.2. The molecule has 0 aliphatic carbocycles. The average Bonchev–Trinajstić information content (AvgIpc) is 3.13. The van der Waals surface area contributed by atoms with E-state index in [1.165, 1.54) is 42.3 Å². The number of para-hydroxylation sites is 6. The molecule has 0 N–H and O–H groups in total. The zero-order valence-corrected chi connectivity index (χ0v) is 27.0. The minimum atomic E-state index is 1.08. The second kappa shape index (κ2) is 11.8. The van der Waals surface area contributed by atoms with Crippen LogP contribution in [0.3, 0.4) is 0 Å². The Hall–Kier alpha value is -5.36. The molecule has 0 fully saturated rings. The van der Waals surface area contributed by atoms with Crippen molar-refractivity contribution >= 4 is 74.7 Å². The molecule has 224 valence electrons. The molecule has 0 saturated heterocycles. The van der Waals surface area contributed by atoms with E-state index in [0.29, 0.717) is 0 Å². The summed E-state index contributed by atoms with van der Waals surface area (Å²) in [4.78, 5) is 12.2. The van der Waals surface area contributed by atoms with Gasteiger partial charge in [0.25, 0.3) is 0 Å². The molecule has 0 unspecified atom stereocenters. The third kappa shape index (κ3) is 4.96. The molecule has 7 aromatic carbocycles. The quantitative estimate of drug-likeness (QED) is 0.185. The first-order valence-electron chi connectivity index (χ1n) is 15.7. The maximum absolute atomic E-state index is 2.43. The van der Waals surface area contributed by atoms with Crippen molar-refractivity contribution in [2.75, 3.05) is 14.7 Å². The van der Waals surface area contributed by atoms with Gasteiger partial charge in [0.2, 0.25) is 0 Å². The number of hydrogen-bond acceptors (Lipinski definition) is 5. The molecule has 7 aromatic rings. The predicted molar refractivity (Wildman–Crippen MR) is 199 cm³/mol. The van der Waals surface area contributed by atoms with Crippen LogP contribution in [0.2, 0.25) is 0 Å². The van der Waals surface area contributed by atoms with Crippen LogP contribution in [0.25, 0.3) is 0 Å². The van der Waals surface area contributed by atoms with Gasteiger partial charge in [-0.3, -0.25) is 0 Å². The third-order valence-corrected chi connectivity index (χ3v) is 10.8. The molecule has 0 radical (unpaired) electrons. The monoisotopic (exact) mass is 639 g/mol. The van der Waals surface area contributed by atoms with Crippen molar-refractivity contribution in [2.24, 2.45) is 0 Å². The first kappa shape index (κ1) is 27.9. The van der Waals surface area contributed by atoms with E-state index in [-0.39, 0.29) is 0 Å². The predicted octanol–water partition coefficient (Wildman–Crippen LogP) is 13.0. The Morgan fingerprint density at radius 3 is 1.00 bits per heavy atom. The van der Waals surface area contributed by atoms with Crippen LogP contribution in [0, 0.1) is 0 Å². The Kier molecular flexibility index (Phi) is 6.99. The SMILES string of the molecule is c1ccc(N(c2ccccc2)c2cc(N3c4ccccc4Sc4ccccc43)cc(N3c4ccccc4Sc4ccccc43)c2)cc1. The van der Waals surface area contributed by atoms with Gasteiger partial charge in [-0.15, -0.1) is 0 Å². The van der Waals surface area contributed by atoms with E-state index in [4.69, 9.17) is 0 Å². The summed E-state index contributed by atoms with van der Waals surface area (Å²) in [6.07, 6.45) is 0. The molecule has 9 rings (SSSR count). The van der Waals surface area contributed by atoms with Crippen molar-refractivity contribution in [3.05, 3.63) is 176 Å². The largest absolute Gasteiger partial charge is 0.310 e. The lowest BCUT2D eigenvalue weighted by molar-refractivity contribution is 1.14. The molecule has 2 aliphatic heterocycles. The summed E-state index contributed by atoms with van der Waals surface area (Å²) < 4.78 is 0. The summed E-state index contributed by atoms with van der Waals surface area (Å²) in [5.41, 5.74) is 10.2. The van der Waals surface area contributed by atoms with Gasteiger partial charge in [0.15, 0.2) is 0 Å². The van der Waals surface area contributed by atoms with Gasteiger partial charge < -0.3 is 14.7 Å². The van der Waals surface area contributed by atoms with Gasteiger partial charge in [-0.1, -0.05) is 108 Å². The molecule has 0 amide bonds. The van der Waals surface area contributed by atoms with Crippen molar-refractivity contribution in [3.63, 3.8) is 0 Å². The molecule has 2 aliphatic rings. The minimum Gasteiger partial charge on any atom is -0.310 e. The molecule has 3 nitrogen and oxygen atoms in total. The van der Waals surface area contributed by atoms with Gasteiger partial charge in [0.1, 0.15) is 0 Å². The molecular weight excluding hydrogens is 611 g/mol. The smallest absolute Gasteiger partial charge is 0.0601 e. The molecule has 5 heteroatoms.